The van der Waals surface area contributed by atoms with Crippen LogP contribution in [0.3, 0.4) is 0 Å². The number of benzene rings is 1. The fourth-order valence-electron chi connectivity index (χ4n) is 5.74. The van der Waals surface area contributed by atoms with Crippen LogP contribution in [0.1, 0.15) is 17.5 Å². The van der Waals surface area contributed by atoms with Crippen LogP contribution in [0, 0.1) is 23.1 Å². The van der Waals surface area contributed by atoms with Crippen LogP contribution in [0.5, 0.6) is 0 Å². The largest absolute Gasteiger partial charge is 0.389 e. The second kappa shape index (κ2) is 12.0. The zero-order chi connectivity index (χ0) is 31.9. The highest BCUT2D eigenvalue weighted by Gasteiger charge is 2.37. The van der Waals surface area contributed by atoms with Crippen LogP contribution >= 0.6 is 11.3 Å². The SMILES string of the molecule is CCc1nc2ccc(-c3cnc(NCC4CN(C(=O)N5CC(O)C5)C4)nc3)cn2c1N(C)c1nc(-c2ccc(F)cc2)c(C#N)s1. The number of amides is 2. The molecule has 2 saturated heterocycles. The summed E-state index contributed by atoms with van der Waals surface area (Å²) in [5.74, 6) is 1.33. The zero-order valence-corrected chi connectivity index (χ0v) is 26.1. The minimum absolute atomic E-state index is 0.00857. The average molecular weight is 639 g/mol. The highest BCUT2D eigenvalue weighted by Crippen LogP contribution is 2.37. The van der Waals surface area contributed by atoms with Crippen LogP contribution in [-0.2, 0) is 6.42 Å². The lowest BCUT2D eigenvalue weighted by Crippen LogP contribution is -2.62. The first kappa shape index (κ1) is 29.6. The van der Waals surface area contributed by atoms with E-state index in [0.29, 0.717) is 72.3 Å². The number of likely N-dealkylation sites (tertiary alicyclic amines) is 2. The summed E-state index contributed by atoms with van der Waals surface area (Å²) in [6.45, 7) is 4.88. The molecule has 0 saturated carbocycles. The number of carbonyl (C=O) groups is 1. The van der Waals surface area contributed by atoms with Gasteiger partial charge in [-0.3, -0.25) is 4.40 Å². The number of pyridine rings is 1. The van der Waals surface area contributed by atoms with Crippen molar-refractivity contribution in [1.29, 1.82) is 5.26 Å². The molecule has 0 unspecified atom stereocenters. The lowest BCUT2D eigenvalue weighted by Gasteiger charge is -2.45. The second-order valence-corrected chi connectivity index (χ2v) is 12.5. The molecule has 1 aromatic carbocycles. The van der Waals surface area contributed by atoms with E-state index in [4.69, 9.17) is 9.97 Å². The number of nitriles is 1. The van der Waals surface area contributed by atoms with Gasteiger partial charge in [0.15, 0.2) is 5.13 Å². The molecule has 0 radical (unpaired) electrons. The molecule has 6 heterocycles. The summed E-state index contributed by atoms with van der Waals surface area (Å²) in [6.07, 6.45) is 5.84. The number of thiazole rings is 1. The van der Waals surface area contributed by atoms with Crippen molar-refractivity contribution in [1.82, 2.24) is 34.1 Å². The van der Waals surface area contributed by atoms with E-state index < -0.39 is 6.10 Å². The molecule has 7 rings (SSSR count). The number of nitrogens with zero attached hydrogens (tertiary/aromatic N) is 9. The van der Waals surface area contributed by atoms with Crippen LogP contribution in [0.25, 0.3) is 28.0 Å². The van der Waals surface area contributed by atoms with Crippen LogP contribution in [-0.4, -0.2) is 91.1 Å². The number of aromatic nitrogens is 5. The lowest BCUT2D eigenvalue weighted by atomic mass is 10.0. The molecule has 234 valence electrons. The van der Waals surface area contributed by atoms with E-state index in [1.54, 1.807) is 34.3 Å². The number of imidazole rings is 1. The predicted octanol–water partition coefficient (Wildman–Crippen LogP) is 4.40. The molecule has 2 aliphatic rings. The normalized spacial score (nSPS) is 15.0. The molecule has 2 N–H and O–H groups in total. The Labute approximate surface area is 268 Å². The van der Waals surface area contributed by atoms with Crippen LogP contribution in [0.4, 0.5) is 26.1 Å². The Hall–Kier alpha value is -5.13. The Kier molecular flexibility index (Phi) is 7.71. The molecule has 0 aliphatic carbocycles. The maximum atomic E-state index is 13.5. The Bertz CT molecular complexity index is 1940. The molecule has 12 nitrogen and oxygen atoms in total. The van der Waals surface area contributed by atoms with Gasteiger partial charge in [0.05, 0.1) is 24.9 Å². The van der Waals surface area contributed by atoms with Crippen molar-refractivity contribution in [2.45, 2.75) is 19.4 Å². The quantitative estimate of drug-likeness (QED) is 0.253. The number of hydrogen-bond acceptors (Lipinski definition) is 10. The van der Waals surface area contributed by atoms with E-state index in [1.165, 1.54) is 23.5 Å². The van der Waals surface area contributed by atoms with Crippen molar-refractivity contribution in [3.63, 3.8) is 0 Å². The van der Waals surface area contributed by atoms with E-state index in [-0.39, 0.29) is 11.8 Å². The maximum absolute atomic E-state index is 13.5. The third kappa shape index (κ3) is 5.48. The smallest absolute Gasteiger partial charge is 0.320 e. The van der Waals surface area contributed by atoms with Gasteiger partial charge in [0.25, 0.3) is 0 Å². The number of carbonyl (C=O) groups excluding carboxylic acids is 1. The van der Waals surface area contributed by atoms with Crippen molar-refractivity contribution in [2.24, 2.45) is 5.92 Å². The van der Waals surface area contributed by atoms with E-state index in [9.17, 15) is 19.6 Å². The van der Waals surface area contributed by atoms with Gasteiger partial charge in [-0.05, 0) is 42.8 Å². The van der Waals surface area contributed by atoms with Gasteiger partial charge in [0, 0.05) is 67.9 Å². The standard InChI is InChI=1S/C32H31FN10O2S/c1-3-25-29(40(2)31-39-28(26(10-34)46-31)20-4-7-23(33)8-5-20)43-16-21(6-9-27(43)38-25)22-12-36-30(37-13-22)35-11-19-14-41(15-19)32(45)42-17-24(44)18-42/h4-9,12-13,16,19,24,44H,3,11,14-15,17-18H2,1-2H3,(H,35,36,37). The van der Waals surface area contributed by atoms with Gasteiger partial charge in [-0.15, -0.1) is 0 Å². The van der Waals surface area contributed by atoms with Gasteiger partial charge in [-0.1, -0.05) is 18.3 Å². The Morgan fingerprint density at radius 2 is 1.76 bits per heavy atom. The fourth-order valence-corrected chi connectivity index (χ4v) is 6.59. The number of hydrogen-bond donors (Lipinski definition) is 2. The summed E-state index contributed by atoms with van der Waals surface area (Å²) in [6, 6.07) is 12.1. The highest BCUT2D eigenvalue weighted by atomic mass is 32.1. The molecular weight excluding hydrogens is 607 g/mol. The number of nitrogens with one attached hydrogen (secondary N) is 1. The second-order valence-electron chi connectivity index (χ2n) is 11.5. The Morgan fingerprint density at radius 1 is 1.07 bits per heavy atom. The average Bonchev–Trinajstić information content (AvgIpc) is 3.64. The summed E-state index contributed by atoms with van der Waals surface area (Å²) >= 11 is 1.27. The topological polar surface area (TPSA) is 139 Å². The molecule has 2 fully saturated rings. The van der Waals surface area contributed by atoms with Gasteiger partial charge >= 0.3 is 6.03 Å². The van der Waals surface area contributed by atoms with Crippen LogP contribution in [0.15, 0.2) is 55.0 Å². The minimum atomic E-state index is -0.396. The predicted molar refractivity (Wildman–Crippen MR) is 172 cm³/mol. The number of urea groups is 1. The van der Waals surface area contributed by atoms with Gasteiger partial charge < -0.3 is 25.1 Å². The third-order valence-corrected chi connectivity index (χ3v) is 9.37. The molecular formula is C32H31FN10O2S. The number of fused-ring (bicyclic) bond motifs is 1. The summed E-state index contributed by atoms with van der Waals surface area (Å²) in [5, 5.41) is 23.1. The first-order valence-electron chi connectivity index (χ1n) is 15.0. The summed E-state index contributed by atoms with van der Waals surface area (Å²) < 4.78 is 15.5. The summed E-state index contributed by atoms with van der Waals surface area (Å²) in [4.78, 5) is 36.8. The van der Waals surface area contributed by atoms with E-state index in [0.717, 1.165) is 28.3 Å². The van der Waals surface area contributed by atoms with Crippen molar-refractivity contribution in [3.05, 3.63) is 71.4 Å². The number of halogens is 1. The van der Waals surface area contributed by atoms with E-state index in [1.807, 2.05) is 41.6 Å². The number of anilines is 3. The van der Waals surface area contributed by atoms with Crippen molar-refractivity contribution in [2.75, 3.05) is 50.0 Å². The third-order valence-electron chi connectivity index (χ3n) is 8.33. The highest BCUT2D eigenvalue weighted by molar-refractivity contribution is 7.16. The Morgan fingerprint density at radius 3 is 2.43 bits per heavy atom. The van der Waals surface area contributed by atoms with Gasteiger partial charge in [0.1, 0.15) is 33.9 Å². The molecule has 46 heavy (non-hydrogen) atoms. The zero-order valence-electron chi connectivity index (χ0n) is 25.3. The molecule has 5 aromatic rings. The number of β-amino-alcohol motifs (C(OH)–C–C–N with tert-alkyl or cyclic N) is 1. The summed E-state index contributed by atoms with van der Waals surface area (Å²) in [5.41, 5.74) is 4.59. The molecule has 4 aromatic heterocycles. The van der Waals surface area contributed by atoms with Crippen molar-refractivity contribution < 1.29 is 14.3 Å². The number of rotatable bonds is 8. The molecule has 2 aliphatic heterocycles. The maximum Gasteiger partial charge on any atom is 0.320 e. The van der Waals surface area contributed by atoms with E-state index >= 15 is 0 Å². The molecule has 0 bridgehead atoms. The molecule has 14 heteroatoms. The minimum Gasteiger partial charge on any atom is -0.389 e. The first-order chi connectivity index (χ1) is 22.3. The van der Waals surface area contributed by atoms with Gasteiger partial charge in [-0.2, -0.15) is 5.26 Å². The number of aliphatic hydroxyl groups is 1. The fraction of sp³-hybridized carbons (Fsp3) is 0.312. The van der Waals surface area contributed by atoms with Crippen LogP contribution in [0.2, 0.25) is 0 Å². The van der Waals surface area contributed by atoms with Crippen molar-refractivity contribution in [3.8, 4) is 28.5 Å². The molecule has 0 atom stereocenters. The Balaban J connectivity index is 1.07. The summed E-state index contributed by atoms with van der Waals surface area (Å²) in [7, 11) is 1.90. The number of aryl methyl sites for hydroxylation is 1. The van der Waals surface area contributed by atoms with Gasteiger partial charge in [-0.25, -0.2) is 29.1 Å². The lowest BCUT2D eigenvalue weighted by molar-refractivity contribution is 0.00267. The molecule has 0 spiro atoms. The monoisotopic (exact) mass is 638 g/mol. The molecule has 2 amide bonds. The van der Waals surface area contributed by atoms with Crippen molar-refractivity contribution >= 4 is 39.9 Å². The number of aliphatic hydroxyl groups excluding tert-OH is 1. The van der Waals surface area contributed by atoms with Crippen LogP contribution < -0.4 is 10.2 Å². The van der Waals surface area contributed by atoms with E-state index in [2.05, 4.69) is 21.4 Å². The van der Waals surface area contributed by atoms with Gasteiger partial charge in [0.2, 0.25) is 5.95 Å². The first-order valence-corrected chi connectivity index (χ1v) is 15.8.